The van der Waals surface area contributed by atoms with Gasteiger partial charge in [-0.3, -0.25) is 9.36 Å². The van der Waals surface area contributed by atoms with Crippen LogP contribution in [0.4, 0.5) is 5.69 Å². The molecule has 2 aromatic carbocycles. The number of benzene rings is 2. The summed E-state index contributed by atoms with van der Waals surface area (Å²) in [5.41, 5.74) is 5.55. The number of hydrogen-bond donors (Lipinski definition) is 1. The number of rotatable bonds is 4. The highest BCUT2D eigenvalue weighted by Crippen LogP contribution is 2.20. The number of aromatic nitrogens is 3. The molecule has 0 radical (unpaired) electrons. The lowest BCUT2D eigenvalue weighted by atomic mass is 10.1. The molecule has 2 heterocycles. The third-order valence-electron chi connectivity index (χ3n) is 4.56. The fraction of sp³-hybridized carbons (Fsp3) is 0.136. The van der Waals surface area contributed by atoms with Gasteiger partial charge in [0.25, 0.3) is 0 Å². The van der Waals surface area contributed by atoms with Gasteiger partial charge in [-0.15, -0.1) is 0 Å². The number of para-hydroxylation sites is 1. The van der Waals surface area contributed by atoms with Gasteiger partial charge in [0.05, 0.1) is 6.42 Å². The molecule has 0 spiro atoms. The van der Waals surface area contributed by atoms with Crippen molar-refractivity contribution in [3.8, 4) is 5.69 Å². The standard InChI is InChI=1S/C22H20N4O/c1-15-6-3-4-7-19(15)25-21(27)14-17-9-11-18(12-10-17)26-16(2)24-20-8-5-13-23-22(20)26/h3-13H,14H2,1-2H3,(H,25,27). The Morgan fingerprint density at radius 1 is 1.00 bits per heavy atom. The van der Waals surface area contributed by atoms with E-state index in [0.717, 1.165) is 39.5 Å². The molecule has 0 unspecified atom stereocenters. The van der Waals surface area contributed by atoms with E-state index in [-0.39, 0.29) is 5.91 Å². The van der Waals surface area contributed by atoms with Gasteiger partial charge in [0.15, 0.2) is 5.65 Å². The number of anilines is 1. The number of hydrogen-bond acceptors (Lipinski definition) is 3. The lowest BCUT2D eigenvalue weighted by molar-refractivity contribution is -0.115. The number of carbonyl (C=O) groups excluding carboxylic acids is 1. The van der Waals surface area contributed by atoms with E-state index in [1.54, 1.807) is 6.20 Å². The third kappa shape index (κ3) is 3.44. The van der Waals surface area contributed by atoms with Crippen molar-refractivity contribution in [1.29, 1.82) is 0 Å². The normalized spacial score (nSPS) is 10.9. The van der Waals surface area contributed by atoms with E-state index >= 15 is 0 Å². The second kappa shape index (κ2) is 7.03. The summed E-state index contributed by atoms with van der Waals surface area (Å²) in [4.78, 5) is 21.3. The summed E-state index contributed by atoms with van der Waals surface area (Å²) in [5, 5.41) is 2.97. The van der Waals surface area contributed by atoms with E-state index < -0.39 is 0 Å². The number of carbonyl (C=O) groups is 1. The zero-order valence-corrected chi connectivity index (χ0v) is 15.3. The number of nitrogens with one attached hydrogen (secondary N) is 1. The molecule has 5 heteroatoms. The van der Waals surface area contributed by atoms with Gasteiger partial charge in [0.1, 0.15) is 11.3 Å². The van der Waals surface area contributed by atoms with Crippen LogP contribution in [0, 0.1) is 13.8 Å². The van der Waals surface area contributed by atoms with Crippen LogP contribution < -0.4 is 5.32 Å². The Hall–Kier alpha value is -3.47. The molecular weight excluding hydrogens is 336 g/mol. The summed E-state index contributed by atoms with van der Waals surface area (Å²) in [6, 6.07) is 19.6. The molecule has 0 aliphatic rings. The summed E-state index contributed by atoms with van der Waals surface area (Å²) in [6.07, 6.45) is 2.10. The number of pyridine rings is 1. The van der Waals surface area contributed by atoms with Gasteiger partial charge >= 0.3 is 0 Å². The van der Waals surface area contributed by atoms with Crippen molar-refractivity contribution in [2.45, 2.75) is 20.3 Å². The van der Waals surface area contributed by atoms with Crippen molar-refractivity contribution in [3.05, 3.63) is 83.8 Å². The first-order chi connectivity index (χ1) is 13.1. The summed E-state index contributed by atoms with van der Waals surface area (Å²) < 4.78 is 2.02. The minimum atomic E-state index is -0.0250. The van der Waals surface area contributed by atoms with Gasteiger partial charge in [0.2, 0.25) is 5.91 Å². The van der Waals surface area contributed by atoms with Crippen molar-refractivity contribution < 1.29 is 4.79 Å². The average Bonchev–Trinajstić information content (AvgIpc) is 3.00. The minimum absolute atomic E-state index is 0.0250. The monoisotopic (exact) mass is 356 g/mol. The molecular formula is C22H20N4O. The maximum Gasteiger partial charge on any atom is 0.228 e. The fourth-order valence-electron chi connectivity index (χ4n) is 3.19. The van der Waals surface area contributed by atoms with E-state index in [0.29, 0.717) is 6.42 Å². The highest BCUT2D eigenvalue weighted by atomic mass is 16.1. The molecule has 1 amide bonds. The highest BCUT2D eigenvalue weighted by molar-refractivity contribution is 5.93. The smallest absolute Gasteiger partial charge is 0.228 e. The molecule has 27 heavy (non-hydrogen) atoms. The number of fused-ring (bicyclic) bond motifs is 1. The molecule has 0 bridgehead atoms. The molecule has 0 fully saturated rings. The van der Waals surface area contributed by atoms with Crippen LogP contribution in [0.25, 0.3) is 16.9 Å². The van der Waals surface area contributed by atoms with E-state index in [4.69, 9.17) is 0 Å². The van der Waals surface area contributed by atoms with Crippen LogP contribution in [-0.2, 0) is 11.2 Å². The minimum Gasteiger partial charge on any atom is -0.326 e. The summed E-state index contributed by atoms with van der Waals surface area (Å²) in [5.74, 6) is 0.858. The highest BCUT2D eigenvalue weighted by Gasteiger charge is 2.11. The Morgan fingerprint density at radius 2 is 1.78 bits per heavy atom. The van der Waals surface area contributed by atoms with Gasteiger partial charge in [0, 0.05) is 17.6 Å². The summed E-state index contributed by atoms with van der Waals surface area (Å²) in [7, 11) is 0. The largest absolute Gasteiger partial charge is 0.326 e. The lowest BCUT2D eigenvalue weighted by Gasteiger charge is -2.09. The van der Waals surface area contributed by atoms with Crippen molar-refractivity contribution in [3.63, 3.8) is 0 Å². The van der Waals surface area contributed by atoms with Crippen molar-refractivity contribution in [2.75, 3.05) is 5.32 Å². The van der Waals surface area contributed by atoms with Crippen molar-refractivity contribution >= 4 is 22.8 Å². The van der Waals surface area contributed by atoms with E-state index in [1.165, 1.54) is 0 Å². The van der Waals surface area contributed by atoms with Gasteiger partial charge in [-0.2, -0.15) is 0 Å². The molecule has 0 saturated heterocycles. The SMILES string of the molecule is Cc1ccccc1NC(=O)Cc1ccc(-n2c(C)nc3cccnc32)cc1. The molecule has 134 valence electrons. The Bertz CT molecular complexity index is 1110. The first kappa shape index (κ1) is 17.0. The maximum atomic E-state index is 12.3. The lowest BCUT2D eigenvalue weighted by Crippen LogP contribution is -2.15. The van der Waals surface area contributed by atoms with Gasteiger partial charge in [-0.25, -0.2) is 9.97 Å². The summed E-state index contributed by atoms with van der Waals surface area (Å²) >= 11 is 0. The van der Waals surface area contributed by atoms with Crippen LogP contribution >= 0.6 is 0 Å². The topological polar surface area (TPSA) is 59.8 Å². The number of amides is 1. The van der Waals surface area contributed by atoms with Crippen LogP contribution in [0.3, 0.4) is 0 Å². The third-order valence-corrected chi connectivity index (χ3v) is 4.56. The number of nitrogens with zero attached hydrogens (tertiary/aromatic N) is 3. The number of imidazole rings is 1. The van der Waals surface area contributed by atoms with E-state index in [9.17, 15) is 4.79 Å². The van der Waals surface area contributed by atoms with Gasteiger partial charge in [-0.05, 0) is 55.3 Å². The summed E-state index contributed by atoms with van der Waals surface area (Å²) in [6.45, 7) is 3.95. The molecule has 4 aromatic rings. The van der Waals surface area contributed by atoms with Gasteiger partial charge in [-0.1, -0.05) is 30.3 Å². The zero-order valence-electron chi connectivity index (χ0n) is 15.3. The molecule has 0 saturated carbocycles. The van der Waals surface area contributed by atoms with Gasteiger partial charge < -0.3 is 5.32 Å². The van der Waals surface area contributed by atoms with E-state index in [1.807, 2.05) is 79.1 Å². The Kier molecular flexibility index (Phi) is 4.42. The predicted molar refractivity (Wildman–Crippen MR) is 107 cm³/mol. The molecule has 0 aliphatic carbocycles. The molecule has 1 N–H and O–H groups in total. The Morgan fingerprint density at radius 3 is 2.56 bits per heavy atom. The first-order valence-electron chi connectivity index (χ1n) is 8.87. The Balaban J connectivity index is 1.53. The maximum absolute atomic E-state index is 12.3. The Labute approximate surface area is 157 Å². The average molecular weight is 356 g/mol. The molecule has 0 aliphatic heterocycles. The van der Waals surface area contributed by atoms with Crippen molar-refractivity contribution in [2.24, 2.45) is 0 Å². The predicted octanol–water partition coefficient (Wildman–Crippen LogP) is 4.22. The van der Waals surface area contributed by atoms with Crippen LogP contribution in [0.5, 0.6) is 0 Å². The fourth-order valence-corrected chi connectivity index (χ4v) is 3.19. The van der Waals surface area contributed by atoms with Crippen LogP contribution in [0.1, 0.15) is 17.0 Å². The van der Waals surface area contributed by atoms with Crippen molar-refractivity contribution in [1.82, 2.24) is 14.5 Å². The zero-order chi connectivity index (χ0) is 18.8. The number of aryl methyl sites for hydroxylation is 2. The molecule has 4 rings (SSSR count). The van der Waals surface area contributed by atoms with Crippen LogP contribution in [0.15, 0.2) is 66.9 Å². The second-order valence-corrected chi connectivity index (χ2v) is 6.55. The second-order valence-electron chi connectivity index (χ2n) is 6.55. The van der Waals surface area contributed by atoms with Crippen LogP contribution in [-0.4, -0.2) is 20.4 Å². The quantitative estimate of drug-likeness (QED) is 0.596. The molecule has 0 atom stereocenters. The molecule has 5 nitrogen and oxygen atoms in total. The van der Waals surface area contributed by atoms with Crippen LogP contribution in [0.2, 0.25) is 0 Å². The van der Waals surface area contributed by atoms with E-state index in [2.05, 4.69) is 15.3 Å². The molecule has 2 aromatic heterocycles. The first-order valence-corrected chi connectivity index (χ1v) is 8.87.